The molecule has 1 aromatic heterocycles. The maximum absolute atomic E-state index is 13.5. The highest BCUT2D eigenvalue weighted by Crippen LogP contribution is 2.21. The zero-order valence-corrected chi connectivity index (χ0v) is 9.49. The van der Waals surface area contributed by atoms with E-state index in [1.807, 2.05) is 0 Å². The Balaban J connectivity index is 2.39. The number of rotatable bonds is 3. The lowest BCUT2D eigenvalue weighted by Gasteiger charge is -2.04. The fraction of sp³-hybridized carbons (Fsp3) is 0.154. The van der Waals surface area contributed by atoms with Crippen LogP contribution in [-0.4, -0.2) is 12.9 Å². The summed E-state index contributed by atoms with van der Waals surface area (Å²) in [5, 5.41) is 0. The van der Waals surface area contributed by atoms with Crippen LogP contribution < -0.4 is 4.74 Å². The normalized spacial score (nSPS) is 10.3. The number of benzene rings is 1. The molecule has 4 heteroatoms. The highest BCUT2D eigenvalue weighted by Gasteiger charge is 2.15. The molecule has 0 radical (unpaired) electrons. The van der Waals surface area contributed by atoms with E-state index in [9.17, 15) is 9.18 Å². The van der Waals surface area contributed by atoms with Gasteiger partial charge in [0, 0.05) is 5.56 Å². The first-order chi connectivity index (χ1) is 8.13. The van der Waals surface area contributed by atoms with Crippen molar-refractivity contribution in [3.8, 4) is 5.75 Å². The van der Waals surface area contributed by atoms with Crippen molar-refractivity contribution in [2.24, 2.45) is 0 Å². The minimum atomic E-state index is -0.556. The van der Waals surface area contributed by atoms with Crippen molar-refractivity contribution in [1.29, 1.82) is 0 Å². The minimum Gasteiger partial charge on any atom is -0.494 e. The van der Waals surface area contributed by atoms with E-state index < -0.39 is 5.82 Å². The van der Waals surface area contributed by atoms with Crippen LogP contribution in [-0.2, 0) is 0 Å². The number of carbonyl (C=O) groups excluding carboxylic acids is 1. The maximum Gasteiger partial charge on any atom is 0.196 e. The minimum absolute atomic E-state index is 0.116. The third kappa shape index (κ3) is 2.06. The van der Waals surface area contributed by atoms with Gasteiger partial charge in [-0.05, 0) is 31.2 Å². The molecule has 0 saturated carbocycles. The summed E-state index contributed by atoms with van der Waals surface area (Å²) in [5.74, 6) is -0.186. The zero-order chi connectivity index (χ0) is 12.4. The molecule has 0 amide bonds. The Hall–Kier alpha value is -2.10. The first-order valence-corrected chi connectivity index (χ1v) is 5.06. The van der Waals surface area contributed by atoms with Crippen LogP contribution in [0.15, 0.2) is 34.9 Å². The molecule has 1 heterocycles. The van der Waals surface area contributed by atoms with Crippen LogP contribution in [0.2, 0.25) is 0 Å². The van der Waals surface area contributed by atoms with Crippen molar-refractivity contribution in [2.45, 2.75) is 6.92 Å². The summed E-state index contributed by atoms with van der Waals surface area (Å²) < 4.78 is 23.3. The van der Waals surface area contributed by atoms with Crippen molar-refractivity contribution in [1.82, 2.24) is 0 Å². The Kier molecular flexibility index (Phi) is 2.95. The van der Waals surface area contributed by atoms with Crippen molar-refractivity contribution in [2.75, 3.05) is 7.11 Å². The van der Waals surface area contributed by atoms with E-state index in [1.165, 1.54) is 25.5 Å². The van der Waals surface area contributed by atoms with Gasteiger partial charge in [-0.3, -0.25) is 4.79 Å². The summed E-state index contributed by atoms with van der Waals surface area (Å²) >= 11 is 0. The number of ketones is 1. The quantitative estimate of drug-likeness (QED) is 0.766. The molecule has 0 bridgehead atoms. The second-order valence-corrected chi connectivity index (χ2v) is 3.57. The molecule has 3 nitrogen and oxygen atoms in total. The predicted molar refractivity (Wildman–Crippen MR) is 59.8 cm³/mol. The van der Waals surface area contributed by atoms with E-state index in [1.54, 1.807) is 13.0 Å². The van der Waals surface area contributed by atoms with E-state index in [4.69, 9.17) is 9.15 Å². The number of hydrogen-bond donors (Lipinski definition) is 0. The SMILES string of the molecule is COc1ccc(C(=O)c2ccoc2C)cc1F. The average molecular weight is 234 g/mol. The maximum atomic E-state index is 13.5. The van der Waals surface area contributed by atoms with Crippen molar-refractivity contribution in [3.05, 3.63) is 53.2 Å². The Labute approximate surface area is 97.8 Å². The van der Waals surface area contributed by atoms with Crippen LogP contribution in [0.1, 0.15) is 21.7 Å². The smallest absolute Gasteiger partial charge is 0.196 e. The number of ether oxygens (including phenoxy) is 1. The molecule has 0 fully saturated rings. The highest BCUT2D eigenvalue weighted by atomic mass is 19.1. The van der Waals surface area contributed by atoms with E-state index in [0.717, 1.165) is 6.07 Å². The lowest BCUT2D eigenvalue weighted by molar-refractivity contribution is 0.103. The van der Waals surface area contributed by atoms with Crippen LogP contribution in [0.5, 0.6) is 5.75 Å². The fourth-order valence-electron chi connectivity index (χ4n) is 1.58. The van der Waals surface area contributed by atoms with Crippen LogP contribution >= 0.6 is 0 Å². The molecule has 0 N–H and O–H groups in total. The number of furan rings is 1. The number of hydrogen-bond acceptors (Lipinski definition) is 3. The molecule has 0 aliphatic rings. The van der Waals surface area contributed by atoms with Gasteiger partial charge in [0.2, 0.25) is 0 Å². The summed E-state index contributed by atoms with van der Waals surface area (Å²) in [6.07, 6.45) is 1.43. The van der Waals surface area contributed by atoms with Gasteiger partial charge in [0.25, 0.3) is 0 Å². The Morgan fingerprint density at radius 1 is 1.35 bits per heavy atom. The Morgan fingerprint density at radius 3 is 2.65 bits per heavy atom. The largest absolute Gasteiger partial charge is 0.494 e. The van der Waals surface area contributed by atoms with Gasteiger partial charge in [-0.1, -0.05) is 0 Å². The van der Waals surface area contributed by atoms with E-state index in [-0.39, 0.29) is 17.1 Å². The third-order valence-corrected chi connectivity index (χ3v) is 2.52. The van der Waals surface area contributed by atoms with Gasteiger partial charge in [0.1, 0.15) is 5.76 Å². The first-order valence-electron chi connectivity index (χ1n) is 5.06. The third-order valence-electron chi connectivity index (χ3n) is 2.52. The highest BCUT2D eigenvalue weighted by molar-refractivity contribution is 6.09. The van der Waals surface area contributed by atoms with Gasteiger partial charge < -0.3 is 9.15 Å². The molecule has 0 aliphatic heterocycles. The average Bonchev–Trinajstić information content (AvgIpc) is 2.74. The summed E-state index contributed by atoms with van der Waals surface area (Å²) in [7, 11) is 1.38. The monoisotopic (exact) mass is 234 g/mol. The molecule has 2 aromatic rings. The van der Waals surface area contributed by atoms with E-state index >= 15 is 0 Å². The molecule has 17 heavy (non-hydrogen) atoms. The topological polar surface area (TPSA) is 39.4 Å². The van der Waals surface area contributed by atoms with Gasteiger partial charge >= 0.3 is 0 Å². The Morgan fingerprint density at radius 2 is 2.12 bits per heavy atom. The summed E-state index contributed by atoms with van der Waals surface area (Å²) in [4.78, 5) is 12.0. The van der Waals surface area contributed by atoms with E-state index in [0.29, 0.717) is 11.3 Å². The van der Waals surface area contributed by atoms with Crippen LogP contribution in [0.25, 0.3) is 0 Å². The van der Waals surface area contributed by atoms with Gasteiger partial charge in [-0.25, -0.2) is 4.39 Å². The number of methoxy groups -OCH3 is 1. The summed E-state index contributed by atoms with van der Waals surface area (Å²) in [5.41, 5.74) is 0.711. The molecule has 0 atom stereocenters. The zero-order valence-electron chi connectivity index (χ0n) is 9.49. The van der Waals surface area contributed by atoms with Crippen LogP contribution in [0.3, 0.4) is 0 Å². The number of aryl methyl sites for hydroxylation is 1. The lowest BCUT2D eigenvalue weighted by atomic mass is 10.0. The molecule has 88 valence electrons. The molecular weight excluding hydrogens is 223 g/mol. The van der Waals surface area contributed by atoms with Gasteiger partial charge in [0.15, 0.2) is 17.3 Å². The molecule has 0 spiro atoms. The standard InChI is InChI=1S/C13H11FO3/c1-8-10(5-6-17-8)13(15)9-3-4-12(16-2)11(14)7-9/h3-7H,1-2H3. The van der Waals surface area contributed by atoms with Gasteiger partial charge in [-0.2, -0.15) is 0 Å². The summed E-state index contributed by atoms with van der Waals surface area (Å²) in [6, 6.07) is 5.68. The molecule has 0 saturated heterocycles. The predicted octanol–water partition coefficient (Wildman–Crippen LogP) is 2.97. The fourth-order valence-corrected chi connectivity index (χ4v) is 1.58. The second-order valence-electron chi connectivity index (χ2n) is 3.57. The van der Waals surface area contributed by atoms with E-state index in [2.05, 4.69) is 0 Å². The van der Waals surface area contributed by atoms with Gasteiger partial charge in [-0.15, -0.1) is 0 Å². The summed E-state index contributed by atoms with van der Waals surface area (Å²) in [6.45, 7) is 1.69. The van der Waals surface area contributed by atoms with Crippen molar-refractivity contribution in [3.63, 3.8) is 0 Å². The molecule has 2 rings (SSSR count). The van der Waals surface area contributed by atoms with Crippen molar-refractivity contribution < 1.29 is 18.3 Å². The van der Waals surface area contributed by atoms with Gasteiger partial charge in [0.05, 0.1) is 18.9 Å². The molecule has 1 aromatic carbocycles. The first kappa shape index (κ1) is 11.4. The molecule has 0 aliphatic carbocycles. The van der Waals surface area contributed by atoms with Crippen LogP contribution in [0, 0.1) is 12.7 Å². The van der Waals surface area contributed by atoms with Crippen LogP contribution in [0.4, 0.5) is 4.39 Å². The Bertz CT molecular complexity index is 558. The lowest BCUT2D eigenvalue weighted by Crippen LogP contribution is -2.02. The van der Waals surface area contributed by atoms with Crippen molar-refractivity contribution >= 4 is 5.78 Å². The second kappa shape index (κ2) is 4.41. The number of halogens is 1. The molecular formula is C13H11FO3. The molecule has 0 unspecified atom stereocenters. The number of carbonyl (C=O) groups is 1.